The molecule has 0 saturated heterocycles. The van der Waals surface area contributed by atoms with Crippen molar-refractivity contribution in [3.05, 3.63) is 0 Å². The van der Waals surface area contributed by atoms with Crippen LogP contribution in [0.2, 0.25) is 0 Å². The Morgan fingerprint density at radius 3 is 2.00 bits per heavy atom. The van der Waals surface area contributed by atoms with Gasteiger partial charge in [-0.15, -0.1) is 0 Å². The van der Waals surface area contributed by atoms with Crippen LogP contribution in [0.3, 0.4) is 0 Å². The number of hydrogen-bond donors (Lipinski definition) is 2. The summed E-state index contributed by atoms with van der Waals surface area (Å²) in [5, 5.41) is 11.0. The average molecular weight is 147 g/mol. The monoisotopic (exact) mass is 147 g/mol. The number of aliphatic hydroxyl groups is 1. The van der Waals surface area contributed by atoms with Gasteiger partial charge in [-0.25, -0.2) is 0 Å². The van der Waals surface area contributed by atoms with Crippen molar-refractivity contribution in [2.75, 3.05) is 13.3 Å². The SMILES string of the molecule is CCC.CCCCNCO. The van der Waals surface area contributed by atoms with E-state index < -0.39 is 0 Å². The molecular weight excluding hydrogens is 126 g/mol. The van der Waals surface area contributed by atoms with Crippen molar-refractivity contribution in [3.63, 3.8) is 0 Å². The molecule has 0 aromatic carbocycles. The zero-order valence-electron chi connectivity index (χ0n) is 7.48. The highest BCUT2D eigenvalue weighted by molar-refractivity contribution is 4.36. The van der Waals surface area contributed by atoms with Crippen molar-refractivity contribution in [2.24, 2.45) is 0 Å². The number of unbranched alkanes of at least 4 members (excludes halogenated alkanes) is 1. The molecule has 0 bridgehead atoms. The minimum absolute atomic E-state index is 0.111. The fourth-order valence-corrected chi connectivity index (χ4v) is 0.381. The molecule has 0 atom stereocenters. The highest BCUT2D eigenvalue weighted by Crippen LogP contribution is 1.80. The molecule has 0 rings (SSSR count). The van der Waals surface area contributed by atoms with Crippen molar-refractivity contribution in [2.45, 2.75) is 40.0 Å². The molecule has 0 saturated carbocycles. The lowest BCUT2D eigenvalue weighted by Gasteiger charge is -1.94. The van der Waals surface area contributed by atoms with Crippen LogP contribution in [0.1, 0.15) is 40.0 Å². The van der Waals surface area contributed by atoms with Crippen LogP contribution >= 0.6 is 0 Å². The van der Waals surface area contributed by atoms with Crippen LogP contribution in [0.25, 0.3) is 0 Å². The van der Waals surface area contributed by atoms with Crippen LogP contribution in [-0.2, 0) is 0 Å². The molecule has 0 radical (unpaired) electrons. The summed E-state index contributed by atoms with van der Waals surface area (Å²) in [4.78, 5) is 0. The van der Waals surface area contributed by atoms with Gasteiger partial charge in [-0.3, -0.25) is 5.32 Å². The second-order valence-electron chi connectivity index (χ2n) is 2.22. The summed E-state index contributed by atoms with van der Waals surface area (Å²) in [5.41, 5.74) is 0. The number of rotatable bonds is 4. The smallest absolute Gasteiger partial charge is 0.0931 e. The van der Waals surface area contributed by atoms with Gasteiger partial charge in [0, 0.05) is 0 Å². The zero-order chi connectivity index (χ0) is 8.24. The van der Waals surface area contributed by atoms with Crippen LogP contribution < -0.4 is 5.32 Å². The Morgan fingerprint density at radius 1 is 1.20 bits per heavy atom. The lowest BCUT2D eigenvalue weighted by Crippen LogP contribution is -2.15. The molecule has 0 aliphatic heterocycles. The Kier molecular flexibility index (Phi) is 20.1. The minimum Gasteiger partial charge on any atom is -0.381 e. The molecule has 64 valence electrons. The van der Waals surface area contributed by atoms with Crippen LogP contribution in [-0.4, -0.2) is 18.4 Å². The Labute approximate surface area is 64.6 Å². The van der Waals surface area contributed by atoms with E-state index in [2.05, 4.69) is 26.1 Å². The summed E-state index contributed by atoms with van der Waals surface area (Å²) >= 11 is 0. The predicted molar refractivity (Wildman–Crippen MR) is 46.0 cm³/mol. The zero-order valence-corrected chi connectivity index (χ0v) is 7.48. The first-order valence-corrected chi connectivity index (χ1v) is 4.14. The summed E-state index contributed by atoms with van der Waals surface area (Å²) in [6.07, 6.45) is 3.59. The lowest BCUT2D eigenvalue weighted by molar-refractivity contribution is 0.260. The number of nitrogens with one attached hydrogen (secondary N) is 1. The van der Waals surface area contributed by atoms with E-state index in [9.17, 15) is 0 Å². The first kappa shape index (κ1) is 12.6. The summed E-state index contributed by atoms with van der Waals surface area (Å²) in [6, 6.07) is 0. The van der Waals surface area contributed by atoms with Gasteiger partial charge >= 0.3 is 0 Å². The molecule has 0 aliphatic rings. The van der Waals surface area contributed by atoms with Crippen LogP contribution in [0.5, 0.6) is 0 Å². The van der Waals surface area contributed by atoms with Gasteiger partial charge in [-0.1, -0.05) is 33.6 Å². The van der Waals surface area contributed by atoms with Gasteiger partial charge in [-0.05, 0) is 13.0 Å². The van der Waals surface area contributed by atoms with E-state index in [0.717, 1.165) is 13.0 Å². The van der Waals surface area contributed by atoms with Crippen LogP contribution in [0.15, 0.2) is 0 Å². The van der Waals surface area contributed by atoms with Crippen molar-refractivity contribution < 1.29 is 5.11 Å². The Bertz CT molecular complexity index is 36.2. The fraction of sp³-hybridized carbons (Fsp3) is 1.00. The highest BCUT2D eigenvalue weighted by Gasteiger charge is 1.77. The Hall–Kier alpha value is -0.0800. The maximum Gasteiger partial charge on any atom is 0.0931 e. The quantitative estimate of drug-likeness (QED) is 0.469. The maximum absolute atomic E-state index is 8.18. The standard InChI is InChI=1S/C5H13NO.C3H8/c1-2-3-4-6-5-7;1-3-2/h6-7H,2-5H2,1H3;3H2,1-2H3. The Balaban J connectivity index is 0. The summed E-state index contributed by atoms with van der Waals surface area (Å²) in [6.45, 7) is 7.42. The summed E-state index contributed by atoms with van der Waals surface area (Å²) < 4.78 is 0. The second-order valence-corrected chi connectivity index (χ2v) is 2.22. The molecule has 0 aromatic heterocycles. The molecule has 2 N–H and O–H groups in total. The summed E-state index contributed by atoms with van der Waals surface area (Å²) in [7, 11) is 0. The fourth-order valence-electron chi connectivity index (χ4n) is 0.381. The molecule has 0 aromatic rings. The normalized spacial score (nSPS) is 8.40. The molecule has 0 aliphatic carbocycles. The molecule has 10 heavy (non-hydrogen) atoms. The van der Waals surface area contributed by atoms with Crippen molar-refractivity contribution >= 4 is 0 Å². The van der Waals surface area contributed by atoms with Gasteiger partial charge in [0.2, 0.25) is 0 Å². The van der Waals surface area contributed by atoms with Gasteiger partial charge < -0.3 is 5.11 Å². The third-order valence-corrected chi connectivity index (χ3v) is 0.819. The van der Waals surface area contributed by atoms with Gasteiger partial charge in [-0.2, -0.15) is 0 Å². The molecule has 2 heteroatoms. The third kappa shape index (κ3) is 24.7. The first-order chi connectivity index (χ1) is 4.83. The van der Waals surface area contributed by atoms with E-state index in [0.29, 0.717) is 0 Å². The summed E-state index contributed by atoms with van der Waals surface area (Å²) in [5.74, 6) is 0. The van der Waals surface area contributed by atoms with Crippen LogP contribution in [0, 0.1) is 0 Å². The van der Waals surface area contributed by atoms with Gasteiger partial charge in [0.15, 0.2) is 0 Å². The topological polar surface area (TPSA) is 32.3 Å². The molecular formula is C8H21NO. The van der Waals surface area contributed by atoms with Crippen molar-refractivity contribution in [1.82, 2.24) is 5.32 Å². The maximum atomic E-state index is 8.18. The van der Waals surface area contributed by atoms with Gasteiger partial charge in [0.1, 0.15) is 0 Å². The van der Waals surface area contributed by atoms with Crippen molar-refractivity contribution in [3.8, 4) is 0 Å². The number of aliphatic hydroxyl groups excluding tert-OH is 1. The van der Waals surface area contributed by atoms with Crippen molar-refractivity contribution in [1.29, 1.82) is 0 Å². The Morgan fingerprint density at radius 2 is 1.70 bits per heavy atom. The van der Waals surface area contributed by atoms with E-state index in [1.54, 1.807) is 0 Å². The van der Waals surface area contributed by atoms with E-state index >= 15 is 0 Å². The largest absolute Gasteiger partial charge is 0.381 e. The average Bonchev–Trinajstić information content (AvgIpc) is 1.91. The van der Waals surface area contributed by atoms with Crippen LogP contribution in [0.4, 0.5) is 0 Å². The predicted octanol–water partition coefficient (Wildman–Crippen LogP) is 1.74. The van der Waals surface area contributed by atoms with E-state index in [1.807, 2.05) is 0 Å². The molecule has 0 fully saturated rings. The number of hydrogen-bond acceptors (Lipinski definition) is 2. The van der Waals surface area contributed by atoms with Gasteiger partial charge in [0.25, 0.3) is 0 Å². The van der Waals surface area contributed by atoms with E-state index in [4.69, 9.17) is 5.11 Å². The molecule has 0 amide bonds. The third-order valence-electron chi connectivity index (χ3n) is 0.819. The highest BCUT2D eigenvalue weighted by atomic mass is 16.3. The molecule has 2 nitrogen and oxygen atoms in total. The lowest BCUT2D eigenvalue weighted by atomic mass is 10.3. The molecule has 0 heterocycles. The molecule has 0 spiro atoms. The van der Waals surface area contributed by atoms with E-state index in [1.165, 1.54) is 12.8 Å². The second kappa shape index (κ2) is 16.0. The molecule has 0 unspecified atom stereocenters. The first-order valence-electron chi connectivity index (χ1n) is 4.14. The van der Waals surface area contributed by atoms with E-state index in [-0.39, 0.29) is 6.73 Å². The minimum atomic E-state index is 0.111. The van der Waals surface area contributed by atoms with Gasteiger partial charge in [0.05, 0.1) is 6.73 Å².